The van der Waals surface area contributed by atoms with Crippen LogP contribution in [0.5, 0.6) is 11.5 Å². The Bertz CT molecular complexity index is 1210. The summed E-state index contributed by atoms with van der Waals surface area (Å²) in [6.45, 7) is 10.5. The van der Waals surface area contributed by atoms with Crippen LogP contribution in [0.4, 0.5) is 5.69 Å². The van der Waals surface area contributed by atoms with E-state index in [1.807, 2.05) is 19.9 Å². The quantitative estimate of drug-likeness (QED) is 0.406. The van der Waals surface area contributed by atoms with Gasteiger partial charge in [-0.05, 0) is 80.3 Å². The normalized spacial score (nSPS) is 13.9. The minimum Gasteiger partial charge on any atom is -0.508 e. The summed E-state index contributed by atoms with van der Waals surface area (Å²) in [5.74, 6) is 0.188. The number of aryl methyl sites for hydroxylation is 1. The average Bonchev–Trinajstić information content (AvgIpc) is 3.26. The van der Waals surface area contributed by atoms with Crippen molar-refractivity contribution in [2.75, 3.05) is 24.5 Å². The Morgan fingerprint density at radius 2 is 1.83 bits per heavy atom. The maximum atomic E-state index is 12.9. The van der Waals surface area contributed by atoms with Crippen molar-refractivity contribution in [2.45, 2.75) is 53.4 Å². The van der Waals surface area contributed by atoms with E-state index in [-0.39, 0.29) is 23.1 Å². The summed E-state index contributed by atoms with van der Waals surface area (Å²) in [5.41, 5.74) is 4.78. The summed E-state index contributed by atoms with van der Waals surface area (Å²) in [4.78, 5) is 15.3. The third-order valence-corrected chi connectivity index (χ3v) is 6.51. The first-order chi connectivity index (χ1) is 16.8. The molecule has 0 atom stereocenters. The molecule has 0 radical (unpaired) electrons. The van der Waals surface area contributed by atoms with Crippen LogP contribution in [-0.4, -0.2) is 40.9 Å². The molecule has 1 aliphatic heterocycles. The van der Waals surface area contributed by atoms with Crippen LogP contribution in [0.3, 0.4) is 0 Å². The van der Waals surface area contributed by atoms with Crippen molar-refractivity contribution in [1.29, 1.82) is 0 Å². The number of phenolic OH excluding ortho intramolecular Hbond substituents is 2. The average molecular weight is 478 g/mol. The van der Waals surface area contributed by atoms with Crippen molar-refractivity contribution in [3.8, 4) is 33.9 Å². The lowest BCUT2D eigenvalue weighted by Crippen LogP contribution is -2.29. The van der Waals surface area contributed by atoms with Crippen LogP contribution >= 0.6 is 0 Å². The maximum Gasteiger partial charge on any atom is 0.274 e. The number of aromatic hydroxyl groups is 2. The van der Waals surface area contributed by atoms with E-state index in [1.165, 1.54) is 25.3 Å². The van der Waals surface area contributed by atoms with Crippen molar-refractivity contribution in [3.05, 3.63) is 47.2 Å². The summed E-state index contributed by atoms with van der Waals surface area (Å²) in [6, 6.07) is 9.28. The van der Waals surface area contributed by atoms with Crippen molar-refractivity contribution < 1.29 is 19.5 Å². The molecule has 2 heterocycles. The second-order valence-corrected chi connectivity index (χ2v) is 9.74. The van der Waals surface area contributed by atoms with Gasteiger partial charge in [0.1, 0.15) is 11.5 Å². The summed E-state index contributed by atoms with van der Waals surface area (Å²) >= 11 is 0. The molecule has 0 bridgehead atoms. The minimum atomic E-state index is -0.335. The van der Waals surface area contributed by atoms with Gasteiger partial charge in [-0.1, -0.05) is 25.1 Å². The number of carbonyl (C=O) groups excluding carboxylic acids is 1. The summed E-state index contributed by atoms with van der Waals surface area (Å²) < 4.78 is 5.72. The van der Waals surface area contributed by atoms with Crippen molar-refractivity contribution in [3.63, 3.8) is 0 Å². The molecule has 2 aromatic carbocycles. The molecule has 7 heteroatoms. The molecule has 3 N–H and O–H groups in total. The van der Waals surface area contributed by atoms with Crippen LogP contribution in [-0.2, 0) is 6.42 Å². The Kier molecular flexibility index (Phi) is 7.34. The fourth-order valence-corrected chi connectivity index (χ4v) is 4.81. The number of amides is 1. The van der Waals surface area contributed by atoms with Gasteiger partial charge in [-0.25, -0.2) is 0 Å². The summed E-state index contributed by atoms with van der Waals surface area (Å²) in [5, 5.41) is 28.1. The number of nitrogens with zero attached hydrogens (tertiary/aromatic N) is 2. The third-order valence-electron chi connectivity index (χ3n) is 6.51. The fraction of sp³-hybridized carbons (Fsp3) is 0.429. The lowest BCUT2D eigenvalue weighted by atomic mass is 9.92. The monoisotopic (exact) mass is 477 g/mol. The predicted octanol–water partition coefficient (Wildman–Crippen LogP) is 5.67. The highest BCUT2D eigenvalue weighted by molar-refractivity contribution is 6.03. The lowest BCUT2D eigenvalue weighted by molar-refractivity contribution is 0.0947. The van der Waals surface area contributed by atoms with Gasteiger partial charge in [-0.3, -0.25) is 4.79 Å². The van der Waals surface area contributed by atoms with Gasteiger partial charge in [0.25, 0.3) is 5.91 Å². The third kappa shape index (κ3) is 5.14. The highest BCUT2D eigenvalue weighted by atomic mass is 16.5. The minimum absolute atomic E-state index is 0.0343. The Morgan fingerprint density at radius 1 is 1.09 bits per heavy atom. The number of rotatable bonds is 7. The molecule has 4 rings (SSSR count). The number of benzene rings is 2. The van der Waals surface area contributed by atoms with Crippen LogP contribution in [0.2, 0.25) is 0 Å². The topological polar surface area (TPSA) is 98.8 Å². The zero-order valence-electron chi connectivity index (χ0n) is 21.0. The molecule has 1 aliphatic rings. The second kappa shape index (κ2) is 10.4. The Hall–Kier alpha value is -3.48. The van der Waals surface area contributed by atoms with E-state index in [2.05, 4.69) is 41.4 Å². The number of carbonyl (C=O) groups is 1. The number of nitrogens with one attached hydrogen (secondary N) is 1. The number of phenols is 2. The standard InChI is InChI=1S/C28H35N3O4/c1-5-29-28(34)26-25(21-10-9-20(14-18(21)4)31-11-7-6-8-12-31)27(35-30-26)22-15-19(13-17(2)3)23(32)16-24(22)33/h9-10,14-17,32-33H,5-8,11-13H2,1-4H3,(H,29,34). The molecule has 1 saturated heterocycles. The van der Waals surface area contributed by atoms with Gasteiger partial charge >= 0.3 is 0 Å². The number of hydrogen-bond donors (Lipinski definition) is 3. The molecule has 1 fully saturated rings. The predicted molar refractivity (Wildman–Crippen MR) is 138 cm³/mol. The van der Waals surface area contributed by atoms with Crippen LogP contribution in [0.25, 0.3) is 22.5 Å². The Balaban J connectivity index is 1.86. The summed E-state index contributed by atoms with van der Waals surface area (Å²) in [6.07, 6.45) is 4.28. The number of piperidine rings is 1. The van der Waals surface area contributed by atoms with E-state index in [0.717, 1.165) is 29.9 Å². The van der Waals surface area contributed by atoms with E-state index in [0.29, 0.717) is 41.3 Å². The van der Waals surface area contributed by atoms with Gasteiger partial charge in [0.2, 0.25) is 0 Å². The number of anilines is 1. The lowest BCUT2D eigenvalue weighted by Gasteiger charge is -2.29. The second-order valence-electron chi connectivity index (χ2n) is 9.74. The largest absolute Gasteiger partial charge is 0.508 e. The highest BCUT2D eigenvalue weighted by Gasteiger charge is 2.28. The van der Waals surface area contributed by atoms with Crippen molar-refractivity contribution in [1.82, 2.24) is 10.5 Å². The first kappa shape index (κ1) is 24.6. The van der Waals surface area contributed by atoms with E-state index in [4.69, 9.17) is 4.52 Å². The first-order valence-electron chi connectivity index (χ1n) is 12.5. The molecule has 0 aliphatic carbocycles. The van der Waals surface area contributed by atoms with E-state index in [1.54, 1.807) is 6.07 Å². The Labute approximate surface area is 206 Å². The van der Waals surface area contributed by atoms with Crippen LogP contribution in [0.15, 0.2) is 34.9 Å². The zero-order chi connectivity index (χ0) is 25.1. The zero-order valence-corrected chi connectivity index (χ0v) is 21.0. The highest BCUT2D eigenvalue weighted by Crippen LogP contribution is 2.43. The van der Waals surface area contributed by atoms with Gasteiger partial charge in [0, 0.05) is 31.4 Å². The molecule has 0 saturated carbocycles. The molecular weight excluding hydrogens is 442 g/mol. The van der Waals surface area contributed by atoms with Crippen LogP contribution in [0.1, 0.15) is 61.6 Å². The SMILES string of the molecule is CCNC(=O)c1noc(-c2cc(CC(C)C)c(O)cc2O)c1-c1ccc(N2CCCCC2)cc1C. The van der Waals surface area contributed by atoms with Gasteiger partial charge in [-0.2, -0.15) is 0 Å². The van der Waals surface area contributed by atoms with Crippen molar-refractivity contribution >= 4 is 11.6 Å². The molecule has 0 spiro atoms. The van der Waals surface area contributed by atoms with E-state index >= 15 is 0 Å². The molecule has 1 aromatic heterocycles. The van der Waals surface area contributed by atoms with E-state index in [9.17, 15) is 15.0 Å². The smallest absolute Gasteiger partial charge is 0.274 e. The molecule has 35 heavy (non-hydrogen) atoms. The first-order valence-corrected chi connectivity index (χ1v) is 12.5. The number of hydrogen-bond acceptors (Lipinski definition) is 6. The van der Waals surface area contributed by atoms with Gasteiger partial charge in [-0.15, -0.1) is 0 Å². The van der Waals surface area contributed by atoms with Crippen LogP contribution < -0.4 is 10.2 Å². The van der Waals surface area contributed by atoms with Gasteiger partial charge in [0.05, 0.1) is 11.1 Å². The fourth-order valence-electron chi connectivity index (χ4n) is 4.81. The number of aromatic nitrogens is 1. The van der Waals surface area contributed by atoms with Gasteiger partial charge in [0.15, 0.2) is 11.5 Å². The molecule has 7 nitrogen and oxygen atoms in total. The molecular formula is C28H35N3O4. The van der Waals surface area contributed by atoms with E-state index < -0.39 is 0 Å². The molecule has 0 unspecified atom stereocenters. The Morgan fingerprint density at radius 3 is 2.49 bits per heavy atom. The maximum absolute atomic E-state index is 12.9. The molecule has 1 amide bonds. The van der Waals surface area contributed by atoms with Crippen LogP contribution in [0, 0.1) is 12.8 Å². The summed E-state index contributed by atoms with van der Waals surface area (Å²) in [7, 11) is 0. The molecule has 186 valence electrons. The van der Waals surface area contributed by atoms with Crippen molar-refractivity contribution in [2.24, 2.45) is 5.92 Å². The van der Waals surface area contributed by atoms with Gasteiger partial charge < -0.3 is 25.0 Å². The molecule has 3 aromatic rings.